The summed E-state index contributed by atoms with van der Waals surface area (Å²) in [6.07, 6.45) is 0. The van der Waals surface area contributed by atoms with Crippen molar-refractivity contribution in [2.24, 2.45) is 0 Å². The molecule has 0 amide bonds. The van der Waals surface area contributed by atoms with Crippen LogP contribution in [0.3, 0.4) is 0 Å². The third-order valence-electron chi connectivity index (χ3n) is 1.93. The summed E-state index contributed by atoms with van der Waals surface area (Å²) in [7, 11) is 1.72. The number of rotatable bonds is 5. The van der Waals surface area contributed by atoms with Crippen LogP contribution in [0.25, 0.3) is 0 Å². The zero-order valence-electron chi connectivity index (χ0n) is 8.72. The second-order valence-corrected chi connectivity index (χ2v) is 3.16. The van der Waals surface area contributed by atoms with Gasteiger partial charge in [0.05, 0.1) is 6.61 Å². The van der Waals surface area contributed by atoms with E-state index < -0.39 is 0 Å². The molecule has 2 nitrogen and oxygen atoms in total. The Morgan fingerprint density at radius 3 is 2.43 bits per heavy atom. The first-order valence-corrected chi connectivity index (χ1v) is 4.58. The molecule has 0 aliphatic carbocycles. The van der Waals surface area contributed by atoms with Crippen molar-refractivity contribution in [3.8, 4) is 0 Å². The van der Waals surface area contributed by atoms with E-state index in [2.05, 4.69) is 36.5 Å². The molecule has 0 aliphatic rings. The lowest BCUT2D eigenvalue weighted by molar-refractivity contribution is -0.00000316. The number of hydrogen-bond donors (Lipinski definition) is 1. The summed E-state index contributed by atoms with van der Waals surface area (Å²) < 4.78 is 4.94. The van der Waals surface area contributed by atoms with Gasteiger partial charge < -0.3 is 22.5 Å². The summed E-state index contributed by atoms with van der Waals surface area (Å²) in [5.41, 5.74) is 2.63. The van der Waals surface area contributed by atoms with Crippen LogP contribution in [0.2, 0.25) is 0 Å². The van der Waals surface area contributed by atoms with Gasteiger partial charge in [-0.3, -0.25) is 0 Å². The fourth-order valence-electron chi connectivity index (χ4n) is 1.11. The third kappa shape index (κ3) is 5.22. The van der Waals surface area contributed by atoms with Crippen LogP contribution in [0, 0.1) is 6.92 Å². The largest absolute Gasteiger partial charge is 1.00 e. The molecule has 0 saturated carbocycles. The van der Waals surface area contributed by atoms with E-state index >= 15 is 0 Å². The predicted molar refractivity (Wildman–Crippen MR) is 54.8 cm³/mol. The maximum atomic E-state index is 4.94. The molecule has 80 valence electrons. The summed E-state index contributed by atoms with van der Waals surface area (Å²) in [4.78, 5) is 0. The lowest BCUT2D eigenvalue weighted by Crippen LogP contribution is -3.00. The van der Waals surface area contributed by atoms with Crippen LogP contribution in [0.1, 0.15) is 11.1 Å². The minimum atomic E-state index is 0. The first-order valence-electron chi connectivity index (χ1n) is 4.58. The number of hydrogen-bond acceptors (Lipinski definition) is 2. The zero-order valence-corrected chi connectivity index (χ0v) is 9.47. The molecule has 0 fully saturated rings. The summed E-state index contributed by atoms with van der Waals surface area (Å²) in [5, 5.41) is 3.30. The lowest BCUT2D eigenvalue weighted by Gasteiger charge is -2.04. The molecule has 0 radical (unpaired) electrons. The van der Waals surface area contributed by atoms with Crippen LogP contribution >= 0.6 is 0 Å². The van der Waals surface area contributed by atoms with Gasteiger partial charge >= 0.3 is 0 Å². The average Bonchev–Trinajstić information content (AvgIpc) is 2.15. The number of aryl methyl sites for hydroxylation is 1. The molecule has 1 N–H and O–H groups in total. The van der Waals surface area contributed by atoms with Crippen molar-refractivity contribution in [3.05, 3.63) is 35.4 Å². The molecule has 14 heavy (non-hydrogen) atoms. The number of halogens is 1. The number of nitrogens with one attached hydrogen (secondary N) is 1. The topological polar surface area (TPSA) is 21.3 Å². The monoisotopic (exact) mass is 214 g/mol. The van der Waals surface area contributed by atoms with Crippen LogP contribution in [-0.4, -0.2) is 20.3 Å². The first kappa shape index (κ1) is 13.4. The highest BCUT2D eigenvalue weighted by atomic mass is 35.5. The summed E-state index contributed by atoms with van der Waals surface area (Å²) >= 11 is 0. The van der Waals surface area contributed by atoms with Gasteiger partial charge in [0.15, 0.2) is 0 Å². The van der Waals surface area contributed by atoms with Gasteiger partial charge in [0, 0.05) is 20.2 Å². The summed E-state index contributed by atoms with van der Waals surface area (Å²) in [5.74, 6) is 0. The summed E-state index contributed by atoms with van der Waals surface area (Å²) in [6, 6.07) is 8.56. The maximum absolute atomic E-state index is 4.94. The third-order valence-corrected chi connectivity index (χ3v) is 1.93. The average molecular weight is 215 g/mol. The molecular formula is C11H17ClNO-. The van der Waals surface area contributed by atoms with E-state index in [0.29, 0.717) is 0 Å². The van der Waals surface area contributed by atoms with E-state index in [9.17, 15) is 0 Å². The van der Waals surface area contributed by atoms with E-state index in [1.165, 1.54) is 11.1 Å². The molecule has 0 aliphatic heterocycles. The van der Waals surface area contributed by atoms with Gasteiger partial charge in [-0.2, -0.15) is 0 Å². The highest BCUT2D eigenvalue weighted by molar-refractivity contribution is 5.20. The van der Waals surface area contributed by atoms with Gasteiger partial charge in [-0.15, -0.1) is 0 Å². The van der Waals surface area contributed by atoms with Crippen molar-refractivity contribution in [2.75, 3.05) is 20.3 Å². The smallest absolute Gasteiger partial charge is 0.0587 e. The number of benzene rings is 1. The Morgan fingerprint density at radius 1 is 1.21 bits per heavy atom. The van der Waals surface area contributed by atoms with Crippen molar-refractivity contribution in [1.82, 2.24) is 5.32 Å². The zero-order chi connectivity index (χ0) is 9.52. The van der Waals surface area contributed by atoms with Crippen LogP contribution in [0.5, 0.6) is 0 Å². The van der Waals surface area contributed by atoms with E-state index in [1.54, 1.807) is 7.11 Å². The highest BCUT2D eigenvalue weighted by Gasteiger charge is 1.91. The normalized spacial score (nSPS) is 9.57. The van der Waals surface area contributed by atoms with E-state index in [-0.39, 0.29) is 12.4 Å². The second kappa shape index (κ2) is 7.80. The Bertz CT molecular complexity index is 236. The van der Waals surface area contributed by atoms with E-state index in [4.69, 9.17) is 4.74 Å². The van der Waals surface area contributed by atoms with Crippen LogP contribution in [-0.2, 0) is 11.3 Å². The molecule has 0 atom stereocenters. The molecule has 0 spiro atoms. The molecule has 0 unspecified atom stereocenters. The molecule has 1 rings (SSSR count). The molecule has 1 aromatic rings. The Morgan fingerprint density at radius 2 is 1.86 bits per heavy atom. The van der Waals surface area contributed by atoms with Gasteiger partial charge in [-0.1, -0.05) is 29.8 Å². The Labute approximate surface area is 92.1 Å². The van der Waals surface area contributed by atoms with Crippen molar-refractivity contribution < 1.29 is 17.1 Å². The van der Waals surface area contributed by atoms with E-state index in [1.807, 2.05) is 0 Å². The second-order valence-electron chi connectivity index (χ2n) is 3.16. The fraction of sp³-hybridized carbons (Fsp3) is 0.455. The van der Waals surface area contributed by atoms with Gasteiger partial charge in [-0.05, 0) is 12.5 Å². The molecule has 0 heterocycles. The van der Waals surface area contributed by atoms with E-state index in [0.717, 1.165) is 19.7 Å². The molecule has 3 heteroatoms. The molecule has 0 aromatic heterocycles. The highest BCUT2D eigenvalue weighted by Crippen LogP contribution is 2.01. The number of ether oxygens (including phenoxy) is 1. The quantitative estimate of drug-likeness (QED) is 0.618. The van der Waals surface area contributed by atoms with Gasteiger partial charge in [0.2, 0.25) is 0 Å². The van der Waals surface area contributed by atoms with Crippen LogP contribution in [0.4, 0.5) is 0 Å². The summed E-state index contributed by atoms with van der Waals surface area (Å²) in [6.45, 7) is 4.70. The Kier molecular flexibility index (Phi) is 7.48. The molecule has 0 bridgehead atoms. The minimum Gasteiger partial charge on any atom is -1.00 e. The number of methoxy groups -OCH3 is 1. The fourth-order valence-corrected chi connectivity index (χ4v) is 1.11. The van der Waals surface area contributed by atoms with Crippen molar-refractivity contribution in [3.63, 3.8) is 0 Å². The van der Waals surface area contributed by atoms with Crippen molar-refractivity contribution >= 4 is 0 Å². The van der Waals surface area contributed by atoms with Gasteiger partial charge in [0.1, 0.15) is 0 Å². The molecule has 1 aromatic carbocycles. The Balaban J connectivity index is 0.00000169. The Hall–Kier alpha value is -0.570. The first-order chi connectivity index (χ1) is 6.33. The predicted octanol–water partition coefficient (Wildman–Crippen LogP) is -1.26. The molecular weight excluding hydrogens is 198 g/mol. The lowest BCUT2D eigenvalue weighted by atomic mass is 10.1. The SMILES string of the molecule is COCCNCc1ccc(C)cc1.[Cl-]. The van der Waals surface area contributed by atoms with Gasteiger partial charge in [0.25, 0.3) is 0 Å². The van der Waals surface area contributed by atoms with Crippen molar-refractivity contribution in [1.29, 1.82) is 0 Å². The van der Waals surface area contributed by atoms with Crippen LogP contribution < -0.4 is 17.7 Å². The molecule has 0 saturated heterocycles. The minimum absolute atomic E-state index is 0. The van der Waals surface area contributed by atoms with Crippen LogP contribution in [0.15, 0.2) is 24.3 Å². The standard InChI is InChI=1S/C11H17NO.ClH/c1-10-3-5-11(6-4-10)9-12-7-8-13-2;/h3-6,12H,7-9H2,1-2H3;1H/p-1. The van der Waals surface area contributed by atoms with Crippen molar-refractivity contribution in [2.45, 2.75) is 13.5 Å². The maximum Gasteiger partial charge on any atom is 0.0587 e. The van der Waals surface area contributed by atoms with Gasteiger partial charge in [-0.25, -0.2) is 0 Å².